The van der Waals surface area contributed by atoms with Gasteiger partial charge in [0, 0.05) is 11.1 Å². The van der Waals surface area contributed by atoms with Crippen LogP contribution in [0.1, 0.15) is 12.8 Å². The van der Waals surface area contributed by atoms with Crippen molar-refractivity contribution < 1.29 is 68.1 Å². The molecule has 0 radical (unpaired) electrons. The fraction of sp³-hybridized carbons (Fsp3) is 0.133. The summed E-state index contributed by atoms with van der Waals surface area (Å²) in [6, 6.07) is 2.69. The van der Waals surface area contributed by atoms with Gasteiger partial charge in [0.15, 0.2) is 0 Å². The van der Waals surface area contributed by atoms with Crippen molar-refractivity contribution in [1.82, 2.24) is 0 Å². The van der Waals surface area contributed by atoms with E-state index in [2.05, 4.69) is 10.6 Å². The van der Waals surface area contributed by atoms with Crippen molar-refractivity contribution in [3.63, 3.8) is 0 Å². The van der Waals surface area contributed by atoms with Crippen molar-refractivity contribution >= 4 is 64.7 Å². The highest BCUT2D eigenvalue weighted by Crippen LogP contribution is 2.33. The Hall–Kier alpha value is -3.24. The van der Waals surface area contributed by atoms with Crippen molar-refractivity contribution in [3.05, 3.63) is 24.3 Å². The van der Waals surface area contributed by atoms with Crippen molar-refractivity contribution in [2.24, 2.45) is 5.73 Å². The van der Waals surface area contributed by atoms with Crippen LogP contribution in [0.15, 0.2) is 39.0 Å². The summed E-state index contributed by atoms with van der Waals surface area (Å²) < 4.78 is 94.8. The molecule has 8 N–H and O–H groups in total. The molecule has 35 heavy (non-hydrogen) atoms. The summed E-state index contributed by atoms with van der Waals surface area (Å²) in [4.78, 5) is 31.2. The summed E-state index contributed by atoms with van der Waals surface area (Å²) in [6.45, 7) is 0. The number of anilines is 1. The Balaban J connectivity index is 0.000000303. The highest BCUT2D eigenvalue weighted by molar-refractivity contribution is 7.87. The summed E-state index contributed by atoms with van der Waals surface area (Å²) in [6.07, 6.45) is -1.67. The molecule has 3 amide bonds. The minimum absolute atomic E-state index is 0.150. The molecule has 0 atom stereocenters. The zero-order chi connectivity index (χ0) is 27.1. The average Bonchev–Trinajstić information content (AvgIpc) is 2.91. The third kappa shape index (κ3) is 6.07. The van der Waals surface area contributed by atoms with E-state index in [0.29, 0.717) is 6.07 Å². The van der Waals surface area contributed by atoms with Crippen LogP contribution in [0.25, 0.3) is 10.8 Å². The number of hydrogen-bond donors (Lipinski definition) is 6. The minimum Gasteiger partial charge on any atom is -0.398 e. The summed E-state index contributed by atoms with van der Waals surface area (Å²) in [7, 11) is -14.5. The number of hydroxylamine groups is 4. The standard InChI is InChI=1S/C10H9NO9S3.C5H6N2O5/c11-8-3-6(21(12,13)14)1-5-2-7(22(15,16)17)4-9(10(5)8)23(18,19)20;6-5(10)12-7(11)3(8)1-2-4(7)9/h1-4H,11H2,(H,12,13,14)(H,15,16,17)(H,18,19,20);11H,1-2H2,(H-,6,10)/p+1. The quantitative estimate of drug-likeness (QED) is 0.0880. The molecule has 192 valence electrons. The maximum absolute atomic E-state index is 11.4. The first-order chi connectivity index (χ1) is 15.7. The zero-order valence-corrected chi connectivity index (χ0v) is 19.4. The predicted octanol–water partition coefficient (Wildman–Crippen LogP) is -0.788. The van der Waals surface area contributed by atoms with Gasteiger partial charge < -0.3 is 11.5 Å². The number of amides is 3. The lowest BCUT2D eigenvalue weighted by molar-refractivity contribution is -1.12. The number of hydrogen-bond acceptors (Lipinski definition) is 12. The summed E-state index contributed by atoms with van der Waals surface area (Å²) >= 11 is 0. The predicted molar refractivity (Wildman–Crippen MR) is 110 cm³/mol. The molecule has 3 rings (SSSR count). The second kappa shape index (κ2) is 9.09. The third-order valence-corrected chi connectivity index (χ3v) is 6.86. The number of primary amides is 1. The van der Waals surface area contributed by atoms with E-state index in [0.717, 1.165) is 18.2 Å². The number of imide groups is 1. The summed E-state index contributed by atoms with van der Waals surface area (Å²) in [5, 5.41) is 8.40. The Kier molecular flexibility index (Phi) is 7.27. The topological polar surface area (TPSA) is 296 Å². The number of carbonyl (C=O) groups excluding carboxylic acids is 3. The van der Waals surface area contributed by atoms with Crippen LogP contribution in [0.3, 0.4) is 0 Å². The van der Waals surface area contributed by atoms with Crippen molar-refractivity contribution in [1.29, 1.82) is 0 Å². The van der Waals surface area contributed by atoms with E-state index in [-0.39, 0.29) is 23.6 Å². The Morgan fingerprint density at radius 2 is 1.26 bits per heavy atom. The molecule has 0 bridgehead atoms. The molecular formula is C15H16N3O14S3+. The van der Waals surface area contributed by atoms with Crippen LogP contribution in [0.2, 0.25) is 0 Å². The van der Waals surface area contributed by atoms with Crippen molar-refractivity contribution in [2.75, 3.05) is 5.73 Å². The first-order valence-electron chi connectivity index (χ1n) is 8.65. The minimum atomic E-state index is -4.95. The summed E-state index contributed by atoms with van der Waals surface area (Å²) in [5.41, 5.74) is 9.63. The first-order valence-corrected chi connectivity index (χ1v) is 13.0. The molecule has 0 saturated carbocycles. The molecule has 0 aromatic heterocycles. The molecule has 2 aromatic rings. The second-order valence-electron chi connectivity index (χ2n) is 6.73. The van der Waals surface area contributed by atoms with Crippen LogP contribution >= 0.6 is 0 Å². The first kappa shape index (κ1) is 28.0. The lowest BCUT2D eigenvalue weighted by Gasteiger charge is -2.13. The van der Waals surface area contributed by atoms with Crippen LogP contribution in [-0.2, 0) is 44.8 Å². The van der Waals surface area contributed by atoms with Gasteiger partial charge in [-0.15, -0.1) is 0 Å². The fourth-order valence-corrected chi connectivity index (χ4v) is 4.78. The van der Waals surface area contributed by atoms with Gasteiger partial charge in [0.1, 0.15) is 9.71 Å². The Morgan fingerprint density at radius 1 is 0.829 bits per heavy atom. The fourth-order valence-electron chi connectivity index (χ4n) is 2.84. The summed E-state index contributed by atoms with van der Waals surface area (Å²) in [5.74, 6) is -1.78. The SMILES string of the molecule is NC(=O)O[N+]1(O)C(=O)CCC1=O.Nc1cc(S(=O)(=O)O)cc2cc(S(=O)(=O)O)cc(S(=O)(=O)O)c12. The molecule has 1 fully saturated rings. The molecule has 1 heterocycles. The van der Waals surface area contributed by atoms with E-state index in [1.54, 1.807) is 0 Å². The van der Waals surface area contributed by atoms with Gasteiger partial charge >= 0.3 is 17.9 Å². The monoisotopic (exact) mass is 558 g/mol. The molecule has 0 aliphatic carbocycles. The van der Waals surface area contributed by atoms with Gasteiger partial charge in [0.25, 0.3) is 30.4 Å². The number of nitrogen functional groups attached to an aromatic ring is 1. The van der Waals surface area contributed by atoms with E-state index in [9.17, 15) is 44.2 Å². The van der Waals surface area contributed by atoms with Crippen LogP contribution in [0.5, 0.6) is 0 Å². The molecule has 1 aliphatic heterocycles. The zero-order valence-electron chi connectivity index (χ0n) is 16.9. The van der Waals surface area contributed by atoms with Gasteiger partial charge in [-0.1, -0.05) is 0 Å². The molecule has 17 nitrogen and oxygen atoms in total. The molecular weight excluding hydrogens is 542 g/mol. The second-order valence-corrected chi connectivity index (χ2v) is 11.0. The maximum atomic E-state index is 11.4. The molecule has 0 unspecified atom stereocenters. The largest absolute Gasteiger partial charge is 0.465 e. The Labute approximate surface area is 196 Å². The molecule has 20 heteroatoms. The molecule has 2 aromatic carbocycles. The number of rotatable bonds is 4. The smallest absolute Gasteiger partial charge is 0.398 e. The lowest BCUT2D eigenvalue weighted by atomic mass is 10.1. The number of fused-ring (bicyclic) bond motifs is 1. The van der Waals surface area contributed by atoms with Gasteiger partial charge in [-0.05, 0) is 29.7 Å². The number of benzene rings is 2. The third-order valence-electron chi connectivity index (χ3n) is 4.31. The van der Waals surface area contributed by atoms with Crippen molar-refractivity contribution in [3.8, 4) is 0 Å². The van der Waals surface area contributed by atoms with Crippen LogP contribution in [0, 0.1) is 0 Å². The van der Waals surface area contributed by atoms with Crippen molar-refractivity contribution in [2.45, 2.75) is 27.5 Å². The van der Waals surface area contributed by atoms with E-state index in [1.807, 2.05) is 0 Å². The van der Waals surface area contributed by atoms with Gasteiger partial charge in [-0.25, -0.2) is 19.2 Å². The number of nitrogens with zero attached hydrogens (tertiary/aromatic N) is 1. The number of quaternary nitrogens is 1. The van der Waals surface area contributed by atoms with E-state index in [1.165, 1.54) is 0 Å². The average molecular weight is 559 g/mol. The number of carbonyl (C=O) groups is 3. The van der Waals surface area contributed by atoms with Crippen LogP contribution in [-0.4, -0.2) is 66.8 Å². The van der Waals surface area contributed by atoms with Gasteiger partial charge in [-0.3, -0.25) is 13.7 Å². The van der Waals surface area contributed by atoms with Gasteiger partial charge in [0.2, 0.25) is 0 Å². The van der Waals surface area contributed by atoms with Gasteiger partial charge in [-0.2, -0.15) is 30.5 Å². The number of nitrogens with two attached hydrogens (primary N) is 2. The highest BCUT2D eigenvalue weighted by Gasteiger charge is 2.55. The highest BCUT2D eigenvalue weighted by atomic mass is 32.2. The molecule has 1 saturated heterocycles. The van der Waals surface area contributed by atoms with Gasteiger partial charge in [0.05, 0.1) is 22.6 Å². The van der Waals surface area contributed by atoms with Crippen LogP contribution < -0.4 is 11.5 Å². The Bertz CT molecular complexity index is 1560. The van der Waals surface area contributed by atoms with Crippen LogP contribution in [0.4, 0.5) is 10.5 Å². The molecule has 1 aliphatic rings. The normalized spacial score (nSPS) is 16.0. The van der Waals surface area contributed by atoms with E-state index >= 15 is 0 Å². The van der Waals surface area contributed by atoms with E-state index < -0.39 is 73.4 Å². The van der Waals surface area contributed by atoms with E-state index in [4.69, 9.17) is 20.0 Å². The lowest BCUT2D eigenvalue weighted by Crippen LogP contribution is -2.51. The Morgan fingerprint density at radius 3 is 1.63 bits per heavy atom. The molecule has 0 spiro atoms. The maximum Gasteiger partial charge on any atom is 0.465 e.